The van der Waals surface area contributed by atoms with E-state index in [1.54, 1.807) is 36.4 Å². The summed E-state index contributed by atoms with van der Waals surface area (Å²) in [4.78, 5) is 25.0. The molecule has 6 nitrogen and oxygen atoms in total. The number of anilines is 1. The summed E-state index contributed by atoms with van der Waals surface area (Å²) >= 11 is 7.35. The molecule has 2 amide bonds. The van der Waals surface area contributed by atoms with Gasteiger partial charge in [-0.25, -0.2) is 0 Å². The van der Waals surface area contributed by atoms with Crippen LogP contribution in [0.1, 0.15) is 33.6 Å². The summed E-state index contributed by atoms with van der Waals surface area (Å²) in [6.07, 6.45) is 2.04. The third-order valence-electron chi connectivity index (χ3n) is 4.28. The quantitative estimate of drug-likeness (QED) is 0.426. The van der Waals surface area contributed by atoms with Crippen molar-refractivity contribution in [3.05, 3.63) is 63.2 Å². The molecule has 1 aliphatic heterocycles. The fourth-order valence-electron chi connectivity index (χ4n) is 2.87. The van der Waals surface area contributed by atoms with Crippen molar-refractivity contribution in [2.75, 3.05) is 18.5 Å². The van der Waals surface area contributed by atoms with Gasteiger partial charge in [-0.2, -0.15) is 0 Å². The Labute approximate surface area is 182 Å². The van der Waals surface area contributed by atoms with Crippen LogP contribution in [0.3, 0.4) is 0 Å². The first-order chi connectivity index (χ1) is 13.5. The maximum atomic E-state index is 12.6. The van der Waals surface area contributed by atoms with Crippen LogP contribution in [-0.2, 0) is 4.74 Å². The SMILES string of the molecule is O=C(NC(=S)Nc1ccccc1C(=O)NCC1CCCO1)c1ccccc1I. The van der Waals surface area contributed by atoms with Crippen LogP contribution in [0.4, 0.5) is 5.69 Å². The lowest BCUT2D eigenvalue weighted by atomic mass is 10.1. The molecule has 0 aromatic heterocycles. The average Bonchev–Trinajstić information content (AvgIpc) is 3.20. The molecule has 28 heavy (non-hydrogen) atoms. The van der Waals surface area contributed by atoms with E-state index in [2.05, 4.69) is 38.5 Å². The molecule has 146 valence electrons. The molecule has 2 aromatic rings. The van der Waals surface area contributed by atoms with Gasteiger partial charge in [-0.15, -0.1) is 0 Å². The topological polar surface area (TPSA) is 79.5 Å². The number of hydrogen-bond donors (Lipinski definition) is 3. The summed E-state index contributed by atoms with van der Waals surface area (Å²) < 4.78 is 6.36. The lowest BCUT2D eigenvalue weighted by Crippen LogP contribution is -2.36. The van der Waals surface area contributed by atoms with E-state index in [4.69, 9.17) is 17.0 Å². The molecule has 1 saturated heterocycles. The van der Waals surface area contributed by atoms with Crippen molar-refractivity contribution in [2.24, 2.45) is 0 Å². The van der Waals surface area contributed by atoms with Crippen LogP contribution >= 0.6 is 34.8 Å². The van der Waals surface area contributed by atoms with Gasteiger partial charge in [0, 0.05) is 16.7 Å². The van der Waals surface area contributed by atoms with Crippen LogP contribution < -0.4 is 16.0 Å². The predicted octanol–water partition coefficient (Wildman–Crippen LogP) is 3.33. The lowest BCUT2D eigenvalue weighted by Gasteiger charge is -2.15. The van der Waals surface area contributed by atoms with Crippen molar-refractivity contribution in [1.29, 1.82) is 0 Å². The fraction of sp³-hybridized carbons (Fsp3) is 0.250. The molecule has 3 rings (SSSR count). The number of nitrogens with one attached hydrogen (secondary N) is 3. The highest BCUT2D eigenvalue weighted by molar-refractivity contribution is 14.1. The molecule has 0 saturated carbocycles. The molecule has 0 bridgehead atoms. The van der Waals surface area contributed by atoms with E-state index < -0.39 is 0 Å². The van der Waals surface area contributed by atoms with E-state index >= 15 is 0 Å². The maximum Gasteiger partial charge on any atom is 0.258 e. The van der Waals surface area contributed by atoms with Crippen molar-refractivity contribution in [2.45, 2.75) is 18.9 Å². The fourth-order valence-corrected chi connectivity index (χ4v) is 3.70. The van der Waals surface area contributed by atoms with Crippen LogP contribution in [-0.4, -0.2) is 36.2 Å². The molecular formula is C20H20IN3O3S. The molecule has 1 atom stereocenters. The molecule has 0 spiro atoms. The zero-order valence-electron chi connectivity index (χ0n) is 15.0. The highest BCUT2D eigenvalue weighted by Crippen LogP contribution is 2.16. The smallest absolute Gasteiger partial charge is 0.258 e. The Kier molecular flexibility index (Phi) is 7.35. The maximum absolute atomic E-state index is 12.6. The van der Waals surface area contributed by atoms with Gasteiger partial charge in [0.1, 0.15) is 0 Å². The van der Waals surface area contributed by atoms with Crippen LogP contribution in [0.25, 0.3) is 0 Å². The van der Waals surface area contributed by atoms with Gasteiger partial charge in [0.05, 0.1) is 22.9 Å². The van der Waals surface area contributed by atoms with Crippen molar-refractivity contribution in [3.8, 4) is 0 Å². The number of benzene rings is 2. The zero-order valence-corrected chi connectivity index (χ0v) is 18.0. The monoisotopic (exact) mass is 509 g/mol. The van der Waals surface area contributed by atoms with Gasteiger partial charge in [-0.1, -0.05) is 24.3 Å². The number of para-hydroxylation sites is 1. The van der Waals surface area contributed by atoms with Crippen molar-refractivity contribution in [1.82, 2.24) is 10.6 Å². The Hall–Kier alpha value is -2.04. The van der Waals surface area contributed by atoms with Gasteiger partial charge >= 0.3 is 0 Å². The zero-order chi connectivity index (χ0) is 19.9. The largest absolute Gasteiger partial charge is 0.376 e. The number of ether oxygens (including phenoxy) is 1. The van der Waals surface area contributed by atoms with E-state index in [0.717, 1.165) is 23.0 Å². The minimum atomic E-state index is -0.303. The number of rotatable bonds is 5. The number of carbonyl (C=O) groups excluding carboxylic acids is 2. The summed E-state index contributed by atoms with van der Waals surface area (Å²) in [5.41, 5.74) is 1.52. The molecule has 1 heterocycles. The number of halogens is 1. The second-order valence-corrected chi connectivity index (χ2v) is 7.85. The van der Waals surface area contributed by atoms with E-state index in [1.807, 2.05) is 12.1 Å². The Balaban J connectivity index is 1.62. The molecule has 2 aromatic carbocycles. The van der Waals surface area contributed by atoms with Crippen molar-refractivity contribution >= 4 is 57.4 Å². The van der Waals surface area contributed by atoms with Crippen LogP contribution in [0.5, 0.6) is 0 Å². The Morgan fingerprint density at radius 2 is 1.79 bits per heavy atom. The number of thiocarbonyl (C=S) groups is 1. The summed E-state index contributed by atoms with van der Waals surface area (Å²) in [5, 5.41) is 8.62. The first-order valence-corrected chi connectivity index (χ1v) is 10.4. The minimum absolute atomic E-state index is 0.0674. The molecular weight excluding hydrogens is 489 g/mol. The Morgan fingerprint density at radius 3 is 2.50 bits per heavy atom. The molecule has 0 aliphatic carbocycles. The normalized spacial score (nSPS) is 15.7. The van der Waals surface area contributed by atoms with Gasteiger partial charge in [0.2, 0.25) is 0 Å². The first kappa shape index (κ1) is 20.7. The van der Waals surface area contributed by atoms with Gasteiger partial charge in [-0.05, 0) is 71.9 Å². The third-order valence-corrected chi connectivity index (χ3v) is 5.42. The molecule has 0 radical (unpaired) electrons. The molecule has 8 heteroatoms. The summed E-state index contributed by atoms with van der Waals surface area (Å²) in [5.74, 6) is -0.520. The Morgan fingerprint density at radius 1 is 1.07 bits per heavy atom. The standard InChI is InChI=1S/C20H20IN3O3S/c21-16-9-3-1-7-14(16)19(26)24-20(28)23-17-10-4-2-8-15(17)18(25)22-12-13-6-5-11-27-13/h1-4,7-10,13H,5-6,11-12H2,(H,22,25)(H2,23,24,26,28). The summed E-state index contributed by atoms with van der Waals surface area (Å²) in [7, 11) is 0. The van der Waals surface area contributed by atoms with Crippen molar-refractivity contribution < 1.29 is 14.3 Å². The van der Waals surface area contributed by atoms with Crippen LogP contribution in [0.2, 0.25) is 0 Å². The third kappa shape index (κ3) is 5.49. The highest BCUT2D eigenvalue weighted by Gasteiger charge is 2.18. The number of carbonyl (C=O) groups is 2. The van der Waals surface area contributed by atoms with E-state index in [0.29, 0.717) is 23.4 Å². The number of amides is 2. The molecule has 1 unspecified atom stereocenters. The molecule has 3 N–H and O–H groups in total. The number of hydrogen-bond acceptors (Lipinski definition) is 4. The molecule has 1 aliphatic rings. The highest BCUT2D eigenvalue weighted by atomic mass is 127. The van der Waals surface area contributed by atoms with Gasteiger partial charge in [-0.3, -0.25) is 14.9 Å². The minimum Gasteiger partial charge on any atom is -0.376 e. The average molecular weight is 509 g/mol. The predicted molar refractivity (Wildman–Crippen MR) is 121 cm³/mol. The van der Waals surface area contributed by atoms with Gasteiger partial charge in [0.15, 0.2) is 5.11 Å². The Bertz CT molecular complexity index is 885. The van der Waals surface area contributed by atoms with E-state index in [1.165, 1.54) is 0 Å². The van der Waals surface area contributed by atoms with E-state index in [9.17, 15) is 9.59 Å². The summed E-state index contributed by atoms with van der Waals surface area (Å²) in [6, 6.07) is 14.3. The van der Waals surface area contributed by atoms with Gasteiger partial charge < -0.3 is 15.4 Å². The summed E-state index contributed by atoms with van der Waals surface area (Å²) in [6.45, 7) is 1.22. The van der Waals surface area contributed by atoms with Crippen LogP contribution in [0, 0.1) is 3.57 Å². The van der Waals surface area contributed by atoms with Crippen LogP contribution in [0.15, 0.2) is 48.5 Å². The van der Waals surface area contributed by atoms with E-state index in [-0.39, 0.29) is 23.0 Å². The lowest BCUT2D eigenvalue weighted by molar-refractivity contribution is 0.0858. The first-order valence-electron chi connectivity index (χ1n) is 8.90. The van der Waals surface area contributed by atoms with Crippen molar-refractivity contribution in [3.63, 3.8) is 0 Å². The molecule has 1 fully saturated rings. The second kappa shape index (κ2) is 9.94. The van der Waals surface area contributed by atoms with Gasteiger partial charge in [0.25, 0.3) is 11.8 Å². The second-order valence-electron chi connectivity index (χ2n) is 6.28.